The number of thiophene rings is 1. The molecule has 1 N–H and O–H groups in total. The topological polar surface area (TPSA) is 59.1 Å². The number of Topliss-reactive ketones (excluding diaryl/α,β-unsaturated/α-hetero) is 1. The quantitative estimate of drug-likeness (QED) is 0.831. The number of ketones is 1. The number of aromatic nitrogens is 1. The van der Waals surface area contributed by atoms with Crippen LogP contribution in [0.25, 0.3) is 0 Å². The third kappa shape index (κ3) is 3.99. The van der Waals surface area contributed by atoms with E-state index in [0.29, 0.717) is 4.88 Å². The summed E-state index contributed by atoms with van der Waals surface area (Å²) in [6, 6.07) is 9.04. The Hall–Kier alpha value is -2.01. The van der Waals surface area contributed by atoms with E-state index in [4.69, 9.17) is 0 Å². The van der Waals surface area contributed by atoms with Gasteiger partial charge >= 0.3 is 0 Å². The largest absolute Gasteiger partial charge is 0.348 e. The molecule has 4 nitrogen and oxygen atoms in total. The highest BCUT2D eigenvalue weighted by molar-refractivity contribution is 7.12. The van der Waals surface area contributed by atoms with Gasteiger partial charge in [0.15, 0.2) is 5.78 Å². The van der Waals surface area contributed by atoms with E-state index in [0.717, 1.165) is 5.69 Å². The monoisotopic (exact) mass is 288 g/mol. The number of hydrogen-bond acceptors (Lipinski definition) is 4. The van der Waals surface area contributed by atoms with E-state index < -0.39 is 0 Å². The second-order valence-corrected chi connectivity index (χ2v) is 5.39. The molecule has 2 rings (SSSR count). The lowest BCUT2D eigenvalue weighted by Gasteiger charge is -2.12. The van der Waals surface area contributed by atoms with Crippen LogP contribution in [0, 0.1) is 0 Å². The SMILES string of the molecule is C[C@H](NC(=O)CCC(=O)c1cccs1)c1ccccn1. The molecule has 0 fully saturated rings. The summed E-state index contributed by atoms with van der Waals surface area (Å²) in [4.78, 5) is 28.5. The van der Waals surface area contributed by atoms with Crippen LogP contribution in [0.4, 0.5) is 0 Å². The lowest BCUT2D eigenvalue weighted by Crippen LogP contribution is -2.27. The predicted molar refractivity (Wildman–Crippen MR) is 78.7 cm³/mol. The third-order valence-electron chi connectivity index (χ3n) is 2.88. The van der Waals surface area contributed by atoms with Crippen molar-refractivity contribution in [3.8, 4) is 0 Å². The first-order valence-corrected chi connectivity index (χ1v) is 7.32. The normalized spacial score (nSPS) is 11.8. The fourth-order valence-corrected chi connectivity index (χ4v) is 2.50. The van der Waals surface area contributed by atoms with Gasteiger partial charge in [-0.1, -0.05) is 12.1 Å². The molecule has 0 unspecified atom stereocenters. The molecule has 0 aliphatic rings. The fourth-order valence-electron chi connectivity index (χ4n) is 1.81. The van der Waals surface area contributed by atoms with Gasteiger partial charge in [0.25, 0.3) is 0 Å². The Bertz CT molecular complexity index is 567. The van der Waals surface area contributed by atoms with Crippen molar-refractivity contribution in [1.29, 1.82) is 0 Å². The standard InChI is InChI=1S/C15H16N2O2S/c1-11(12-5-2-3-9-16-12)17-15(19)8-7-13(18)14-6-4-10-20-14/h2-6,9-11H,7-8H2,1H3,(H,17,19)/t11-/m0/s1. The van der Waals surface area contributed by atoms with Crippen molar-refractivity contribution >= 4 is 23.0 Å². The van der Waals surface area contributed by atoms with E-state index in [2.05, 4.69) is 10.3 Å². The molecule has 20 heavy (non-hydrogen) atoms. The molecule has 5 heteroatoms. The lowest BCUT2D eigenvalue weighted by molar-refractivity contribution is -0.121. The summed E-state index contributed by atoms with van der Waals surface area (Å²) in [5.41, 5.74) is 0.811. The van der Waals surface area contributed by atoms with E-state index in [1.165, 1.54) is 11.3 Å². The number of nitrogens with one attached hydrogen (secondary N) is 1. The van der Waals surface area contributed by atoms with Crippen molar-refractivity contribution in [3.63, 3.8) is 0 Å². The summed E-state index contributed by atoms with van der Waals surface area (Å²) in [6.07, 6.45) is 2.13. The molecular weight excluding hydrogens is 272 g/mol. The van der Waals surface area contributed by atoms with E-state index in [-0.39, 0.29) is 30.6 Å². The molecule has 2 aromatic rings. The second-order valence-electron chi connectivity index (χ2n) is 4.44. The van der Waals surface area contributed by atoms with E-state index in [1.807, 2.05) is 36.6 Å². The number of carbonyl (C=O) groups excluding carboxylic acids is 2. The Kier molecular flexibility index (Phi) is 5.01. The summed E-state index contributed by atoms with van der Waals surface area (Å²) in [5.74, 6) is -0.117. The maximum atomic E-state index is 11.8. The molecule has 0 radical (unpaired) electrons. The summed E-state index contributed by atoms with van der Waals surface area (Å²) < 4.78 is 0. The molecule has 1 atom stereocenters. The van der Waals surface area contributed by atoms with Crippen LogP contribution in [0.2, 0.25) is 0 Å². The highest BCUT2D eigenvalue weighted by Crippen LogP contribution is 2.13. The Morgan fingerprint density at radius 3 is 2.75 bits per heavy atom. The van der Waals surface area contributed by atoms with Crippen LogP contribution in [-0.2, 0) is 4.79 Å². The summed E-state index contributed by atoms with van der Waals surface area (Å²) >= 11 is 1.40. The van der Waals surface area contributed by atoms with Gasteiger partial charge in [-0.2, -0.15) is 0 Å². The van der Waals surface area contributed by atoms with Gasteiger partial charge in [0, 0.05) is 19.0 Å². The minimum Gasteiger partial charge on any atom is -0.348 e. The van der Waals surface area contributed by atoms with Crippen molar-refractivity contribution in [2.75, 3.05) is 0 Å². The maximum Gasteiger partial charge on any atom is 0.220 e. The van der Waals surface area contributed by atoms with Crippen LogP contribution in [0.5, 0.6) is 0 Å². The Labute approximate surface area is 121 Å². The second kappa shape index (κ2) is 6.96. The minimum atomic E-state index is -0.152. The van der Waals surface area contributed by atoms with Crippen LogP contribution in [-0.4, -0.2) is 16.7 Å². The van der Waals surface area contributed by atoms with Gasteiger partial charge in [-0.05, 0) is 30.5 Å². The molecule has 0 spiro atoms. The molecule has 0 aromatic carbocycles. The van der Waals surface area contributed by atoms with Gasteiger partial charge in [-0.3, -0.25) is 14.6 Å². The maximum absolute atomic E-state index is 11.8. The zero-order valence-corrected chi connectivity index (χ0v) is 12.0. The molecule has 0 bridgehead atoms. The highest BCUT2D eigenvalue weighted by Gasteiger charge is 2.13. The molecule has 0 aliphatic carbocycles. The summed E-state index contributed by atoms with van der Waals surface area (Å²) in [7, 11) is 0. The lowest BCUT2D eigenvalue weighted by atomic mass is 10.1. The van der Waals surface area contributed by atoms with Crippen LogP contribution in [0.3, 0.4) is 0 Å². The van der Waals surface area contributed by atoms with Gasteiger partial charge < -0.3 is 5.32 Å². The van der Waals surface area contributed by atoms with Gasteiger partial charge in [-0.15, -0.1) is 11.3 Å². The van der Waals surface area contributed by atoms with E-state index >= 15 is 0 Å². The molecule has 2 aromatic heterocycles. The fraction of sp³-hybridized carbons (Fsp3) is 0.267. The van der Waals surface area contributed by atoms with Gasteiger partial charge in [0.05, 0.1) is 16.6 Å². The van der Waals surface area contributed by atoms with E-state index in [1.54, 1.807) is 12.3 Å². The van der Waals surface area contributed by atoms with Crippen LogP contribution >= 0.6 is 11.3 Å². The third-order valence-corrected chi connectivity index (χ3v) is 3.79. The van der Waals surface area contributed by atoms with Crippen molar-refractivity contribution < 1.29 is 9.59 Å². The molecule has 0 saturated carbocycles. The molecule has 0 saturated heterocycles. The number of nitrogens with zero attached hydrogens (tertiary/aromatic N) is 1. The van der Waals surface area contributed by atoms with E-state index in [9.17, 15) is 9.59 Å². The predicted octanol–water partition coefficient (Wildman–Crippen LogP) is 2.98. The van der Waals surface area contributed by atoms with Gasteiger partial charge in [0.2, 0.25) is 5.91 Å². The average molecular weight is 288 g/mol. The Balaban J connectivity index is 1.80. The van der Waals surface area contributed by atoms with Crippen LogP contribution in [0.15, 0.2) is 41.9 Å². The van der Waals surface area contributed by atoms with Crippen molar-refractivity contribution in [3.05, 3.63) is 52.5 Å². The Morgan fingerprint density at radius 2 is 2.10 bits per heavy atom. The first-order valence-electron chi connectivity index (χ1n) is 6.44. The molecule has 1 amide bonds. The molecular formula is C15H16N2O2S. The number of rotatable bonds is 6. The molecule has 2 heterocycles. The highest BCUT2D eigenvalue weighted by atomic mass is 32.1. The first kappa shape index (κ1) is 14.4. The number of amides is 1. The van der Waals surface area contributed by atoms with Crippen LogP contribution in [0.1, 0.15) is 41.2 Å². The Morgan fingerprint density at radius 1 is 1.25 bits per heavy atom. The van der Waals surface area contributed by atoms with Crippen molar-refractivity contribution in [2.24, 2.45) is 0 Å². The first-order chi connectivity index (χ1) is 9.66. The van der Waals surface area contributed by atoms with Crippen molar-refractivity contribution in [1.82, 2.24) is 10.3 Å². The number of carbonyl (C=O) groups is 2. The van der Waals surface area contributed by atoms with Gasteiger partial charge in [-0.25, -0.2) is 0 Å². The zero-order chi connectivity index (χ0) is 14.4. The smallest absolute Gasteiger partial charge is 0.220 e. The van der Waals surface area contributed by atoms with Crippen molar-refractivity contribution in [2.45, 2.75) is 25.8 Å². The average Bonchev–Trinajstić information content (AvgIpc) is 3.00. The minimum absolute atomic E-state index is 0.0145. The molecule has 0 aliphatic heterocycles. The number of pyridine rings is 1. The molecule has 104 valence electrons. The summed E-state index contributed by atoms with van der Waals surface area (Å²) in [6.45, 7) is 1.88. The van der Waals surface area contributed by atoms with Crippen LogP contribution < -0.4 is 5.32 Å². The summed E-state index contributed by atoms with van der Waals surface area (Å²) in [5, 5.41) is 4.70. The number of hydrogen-bond donors (Lipinski definition) is 1. The van der Waals surface area contributed by atoms with Gasteiger partial charge in [0.1, 0.15) is 0 Å². The zero-order valence-electron chi connectivity index (χ0n) is 11.2.